The molecule has 140 valence electrons. The third kappa shape index (κ3) is 4.42. The Morgan fingerprint density at radius 2 is 1.74 bits per heavy atom. The van der Waals surface area contributed by atoms with Gasteiger partial charge in [0.05, 0.1) is 5.39 Å². The zero-order valence-electron chi connectivity index (χ0n) is 15.9. The Hall–Kier alpha value is -2.95. The van der Waals surface area contributed by atoms with Crippen LogP contribution < -0.4 is 10.9 Å². The highest BCUT2D eigenvalue weighted by Gasteiger charge is 2.16. The fraction of sp³-hybridized carbons (Fsp3) is 0.318. The molecule has 2 aromatic carbocycles. The molecule has 5 heteroatoms. The molecule has 0 unspecified atom stereocenters. The van der Waals surface area contributed by atoms with E-state index in [4.69, 9.17) is 0 Å². The van der Waals surface area contributed by atoms with Crippen molar-refractivity contribution in [3.8, 4) is 0 Å². The lowest BCUT2D eigenvalue weighted by atomic mass is 10.1. The van der Waals surface area contributed by atoms with Crippen molar-refractivity contribution in [2.75, 3.05) is 0 Å². The molecule has 0 saturated heterocycles. The first-order chi connectivity index (χ1) is 13.1. The standard InChI is InChI=1S/C22H25N3O2/c1-3-4-7-14-25-22(27)19-9-6-5-8-18(19)20(24-25)21(26)23-15-17-12-10-16(2)11-13-17/h5-6,8-13H,3-4,7,14-15H2,1-2H3,(H,23,26). The van der Waals surface area contributed by atoms with E-state index < -0.39 is 0 Å². The summed E-state index contributed by atoms with van der Waals surface area (Å²) in [6, 6.07) is 15.2. The molecular formula is C22H25N3O2. The first-order valence-electron chi connectivity index (χ1n) is 9.43. The van der Waals surface area contributed by atoms with Crippen LogP contribution in [0, 0.1) is 6.92 Å². The minimum absolute atomic E-state index is 0.142. The van der Waals surface area contributed by atoms with Crippen molar-refractivity contribution in [2.45, 2.75) is 46.2 Å². The number of nitrogens with one attached hydrogen (secondary N) is 1. The Kier molecular flexibility index (Phi) is 6.01. The van der Waals surface area contributed by atoms with E-state index >= 15 is 0 Å². The van der Waals surface area contributed by atoms with E-state index in [-0.39, 0.29) is 11.5 Å². The number of aromatic nitrogens is 2. The van der Waals surface area contributed by atoms with Crippen LogP contribution in [0.2, 0.25) is 0 Å². The van der Waals surface area contributed by atoms with E-state index in [1.54, 1.807) is 12.1 Å². The van der Waals surface area contributed by atoms with Gasteiger partial charge in [0.2, 0.25) is 0 Å². The summed E-state index contributed by atoms with van der Waals surface area (Å²) in [6.45, 7) is 5.08. The molecule has 0 saturated carbocycles. The average molecular weight is 363 g/mol. The number of fused-ring (bicyclic) bond motifs is 1. The van der Waals surface area contributed by atoms with Crippen LogP contribution in [-0.4, -0.2) is 15.7 Å². The average Bonchev–Trinajstić information content (AvgIpc) is 2.69. The second kappa shape index (κ2) is 8.62. The Labute approximate surface area is 159 Å². The third-order valence-corrected chi connectivity index (χ3v) is 4.63. The number of hydrogen-bond donors (Lipinski definition) is 1. The van der Waals surface area contributed by atoms with Gasteiger partial charge in [0.15, 0.2) is 5.69 Å². The van der Waals surface area contributed by atoms with E-state index in [0.29, 0.717) is 29.6 Å². The lowest BCUT2D eigenvalue weighted by molar-refractivity contribution is 0.0945. The molecule has 0 bridgehead atoms. The highest BCUT2D eigenvalue weighted by molar-refractivity contribution is 6.04. The summed E-state index contributed by atoms with van der Waals surface area (Å²) in [5, 5.41) is 8.44. The van der Waals surface area contributed by atoms with Crippen molar-refractivity contribution in [1.82, 2.24) is 15.1 Å². The summed E-state index contributed by atoms with van der Waals surface area (Å²) in [6.07, 6.45) is 2.95. The summed E-state index contributed by atoms with van der Waals surface area (Å²) in [5.74, 6) is -0.268. The molecule has 3 aromatic rings. The van der Waals surface area contributed by atoms with Gasteiger partial charge in [-0.3, -0.25) is 9.59 Å². The number of aryl methyl sites for hydroxylation is 2. The fourth-order valence-corrected chi connectivity index (χ4v) is 3.04. The fourth-order valence-electron chi connectivity index (χ4n) is 3.04. The molecule has 1 heterocycles. The van der Waals surface area contributed by atoms with E-state index in [9.17, 15) is 9.59 Å². The third-order valence-electron chi connectivity index (χ3n) is 4.63. The maximum atomic E-state index is 12.8. The van der Waals surface area contributed by atoms with Gasteiger partial charge in [-0.25, -0.2) is 4.68 Å². The molecule has 0 spiro atoms. The Bertz CT molecular complexity index is 991. The van der Waals surface area contributed by atoms with E-state index in [1.807, 2.05) is 43.3 Å². The Morgan fingerprint density at radius 3 is 2.44 bits per heavy atom. The summed E-state index contributed by atoms with van der Waals surface area (Å²) in [7, 11) is 0. The smallest absolute Gasteiger partial charge is 0.274 e. The molecule has 0 aliphatic carbocycles. The van der Waals surface area contributed by atoms with Crippen LogP contribution in [-0.2, 0) is 13.1 Å². The molecule has 27 heavy (non-hydrogen) atoms. The first kappa shape index (κ1) is 18.8. The topological polar surface area (TPSA) is 64.0 Å². The van der Waals surface area contributed by atoms with E-state index in [0.717, 1.165) is 24.8 Å². The number of carbonyl (C=O) groups is 1. The highest BCUT2D eigenvalue weighted by Crippen LogP contribution is 2.14. The Morgan fingerprint density at radius 1 is 1.04 bits per heavy atom. The van der Waals surface area contributed by atoms with Crippen molar-refractivity contribution >= 4 is 16.7 Å². The monoisotopic (exact) mass is 363 g/mol. The van der Waals surface area contributed by atoms with Gasteiger partial charge in [-0.1, -0.05) is 67.8 Å². The molecule has 3 rings (SSSR count). The largest absolute Gasteiger partial charge is 0.347 e. The number of carbonyl (C=O) groups excluding carboxylic acids is 1. The van der Waals surface area contributed by atoms with Crippen molar-refractivity contribution in [1.29, 1.82) is 0 Å². The number of unbranched alkanes of at least 4 members (excludes halogenated alkanes) is 2. The number of rotatable bonds is 7. The van der Waals surface area contributed by atoms with E-state index in [2.05, 4.69) is 17.3 Å². The molecule has 0 radical (unpaired) electrons. The first-order valence-corrected chi connectivity index (χ1v) is 9.43. The molecule has 0 aliphatic rings. The van der Waals surface area contributed by atoms with Crippen LogP contribution in [0.4, 0.5) is 0 Å². The number of amides is 1. The lowest BCUT2D eigenvalue weighted by Crippen LogP contribution is -2.30. The zero-order chi connectivity index (χ0) is 19.2. The van der Waals surface area contributed by atoms with Gasteiger partial charge in [-0.05, 0) is 25.0 Å². The lowest BCUT2D eigenvalue weighted by Gasteiger charge is -2.11. The van der Waals surface area contributed by atoms with E-state index in [1.165, 1.54) is 10.2 Å². The summed E-state index contributed by atoms with van der Waals surface area (Å²) in [5.41, 5.74) is 2.36. The van der Waals surface area contributed by atoms with Gasteiger partial charge >= 0.3 is 0 Å². The summed E-state index contributed by atoms with van der Waals surface area (Å²) >= 11 is 0. The van der Waals surface area contributed by atoms with Crippen molar-refractivity contribution in [3.05, 3.63) is 75.7 Å². The molecular weight excluding hydrogens is 338 g/mol. The SMILES string of the molecule is CCCCCn1nc(C(=O)NCc2ccc(C)cc2)c2ccccc2c1=O. The van der Waals surface area contributed by atoms with Crippen LogP contribution in [0.25, 0.3) is 10.8 Å². The van der Waals surface area contributed by atoms with Gasteiger partial charge in [0.1, 0.15) is 0 Å². The predicted octanol–water partition coefficient (Wildman–Crippen LogP) is 3.83. The van der Waals surface area contributed by atoms with Gasteiger partial charge in [0, 0.05) is 18.5 Å². The van der Waals surface area contributed by atoms with Crippen LogP contribution in [0.5, 0.6) is 0 Å². The number of nitrogens with zero attached hydrogens (tertiary/aromatic N) is 2. The van der Waals surface area contributed by atoms with Crippen LogP contribution in [0.1, 0.15) is 47.8 Å². The van der Waals surface area contributed by atoms with Crippen molar-refractivity contribution in [3.63, 3.8) is 0 Å². The van der Waals surface area contributed by atoms with Gasteiger partial charge in [0.25, 0.3) is 11.5 Å². The molecule has 0 aliphatic heterocycles. The normalized spacial score (nSPS) is 10.9. The quantitative estimate of drug-likeness (QED) is 0.649. The van der Waals surface area contributed by atoms with Gasteiger partial charge in [-0.15, -0.1) is 0 Å². The van der Waals surface area contributed by atoms with Crippen molar-refractivity contribution < 1.29 is 4.79 Å². The second-order valence-electron chi connectivity index (χ2n) is 6.80. The van der Waals surface area contributed by atoms with Crippen molar-refractivity contribution in [2.24, 2.45) is 0 Å². The maximum absolute atomic E-state index is 12.8. The molecule has 0 fully saturated rings. The highest BCUT2D eigenvalue weighted by atomic mass is 16.2. The summed E-state index contributed by atoms with van der Waals surface area (Å²) < 4.78 is 1.43. The minimum Gasteiger partial charge on any atom is -0.347 e. The minimum atomic E-state index is -0.268. The Balaban J connectivity index is 1.89. The summed E-state index contributed by atoms with van der Waals surface area (Å²) in [4.78, 5) is 25.5. The number of hydrogen-bond acceptors (Lipinski definition) is 3. The van der Waals surface area contributed by atoms with Crippen LogP contribution >= 0.6 is 0 Å². The molecule has 1 N–H and O–H groups in total. The molecule has 1 aromatic heterocycles. The zero-order valence-corrected chi connectivity index (χ0v) is 15.9. The molecule has 1 amide bonds. The predicted molar refractivity (Wildman–Crippen MR) is 108 cm³/mol. The molecule has 0 atom stereocenters. The maximum Gasteiger partial charge on any atom is 0.274 e. The van der Waals surface area contributed by atoms with Crippen LogP contribution in [0.15, 0.2) is 53.3 Å². The number of benzene rings is 2. The van der Waals surface area contributed by atoms with Gasteiger partial charge in [-0.2, -0.15) is 5.10 Å². The van der Waals surface area contributed by atoms with Crippen LogP contribution in [0.3, 0.4) is 0 Å². The van der Waals surface area contributed by atoms with Gasteiger partial charge < -0.3 is 5.32 Å². The molecule has 5 nitrogen and oxygen atoms in total. The second-order valence-corrected chi connectivity index (χ2v) is 6.80.